The predicted octanol–water partition coefficient (Wildman–Crippen LogP) is 1.33. The quantitative estimate of drug-likeness (QED) is 0.828. The Morgan fingerprint density at radius 1 is 1.30 bits per heavy atom. The molecule has 122 valence electrons. The monoisotopic (exact) mass is 315 g/mol. The number of rotatable bonds is 5. The van der Waals surface area contributed by atoms with Gasteiger partial charge in [-0.25, -0.2) is 4.68 Å². The predicted molar refractivity (Wildman–Crippen MR) is 82.9 cm³/mol. The van der Waals surface area contributed by atoms with E-state index in [0.29, 0.717) is 18.4 Å². The highest BCUT2D eigenvalue weighted by molar-refractivity contribution is 4.99. The molecule has 1 aliphatic carbocycles. The third-order valence-electron chi connectivity index (χ3n) is 4.77. The van der Waals surface area contributed by atoms with Crippen LogP contribution in [0, 0.1) is 12.8 Å². The van der Waals surface area contributed by atoms with Gasteiger partial charge in [-0.3, -0.25) is 9.69 Å². The standard InChI is InChI=1S/C16H21N5O2/c1-11-5-6-15(22)21(18-11)9-12-7-20(8-12)10-14-17-16(23-19-14)13-3-2-4-13/h5-6,12-13H,2-4,7-10H2,1H3. The van der Waals surface area contributed by atoms with Crippen molar-refractivity contribution in [1.29, 1.82) is 0 Å². The minimum atomic E-state index is -0.0302. The van der Waals surface area contributed by atoms with Crippen molar-refractivity contribution in [3.8, 4) is 0 Å². The summed E-state index contributed by atoms with van der Waals surface area (Å²) >= 11 is 0. The van der Waals surface area contributed by atoms with Crippen molar-refractivity contribution < 1.29 is 4.52 Å². The molecule has 1 saturated heterocycles. The zero-order valence-corrected chi connectivity index (χ0v) is 13.3. The molecule has 1 aliphatic heterocycles. The summed E-state index contributed by atoms with van der Waals surface area (Å²) in [6, 6.07) is 3.34. The van der Waals surface area contributed by atoms with Crippen LogP contribution in [0.2, 0.25) is 0 Å². The van der Waals surface area contributed by atoms with Crippen LogP contribution in [0.3, 0.4) is 0 Å². The average molecular weight is 315 g/mol. The van der Waals surface area contributed by atoms with Gasteiger partial charge in [0.1, 0.15) is 0 Å². The second-order valence-corrected chi connectivity index (χ2v) is 6.73. The Morgan fingerprint density at radius 2 is 2.13 bits per heavy atom. The molecule has 4 rings (SSSR count). The summed E-state index contributed by atoms with van der Waals surface area (Å²) < 4.78 is 6.92. The molecule has 2 aromatic rings. The summed E-state index contributed by atoms with van der Waals surface area (Å²) in [5.74, 6) is 2.52. The first-order valence-electron chi connectivity index (χ1n) is 8.27. The van der Waals surface area contributed by atoms with Crippen LogP contribution in [0.1, 0.15) is 42.6 Å². The van der Waals surface area contributed by atoms with Crippen molar-refractivity contribution in [3.05, 3.63) is 39.9 Å². The van der Waals surface area contributed by atoms with Gasteiger partial charge in [-0.2, -0.15) is 10.1 Å². The molecule has 3 heterocycles. The largest absolute Gasteiger partial charge is 0.339 e. The van der Waals surface area contributed by atoms with Crippen molar-refractivity contribution in [1.82, 2.24) is 24.8 Å². The Kier molecular flexibility index (Phi) is 3.72. The SMILES string of the molecule is Cc1ccc(=O)n(CC2CN(Cc3noc(C4CCC4)n3)C2)n1. The summed E-state index contributed by atoms with van der Waals surface area (Å²) in [7, 11) is 0. The summed E-state index contributed by atoms with van der Waals surface area (Å²) in [6.45, 7) is 5.18. The number of hydrogen-bond donors (Lipinski definition) is 0. The van der Waals surface area contributed by atoms with E-state index in [1.807, 2.05) is 6.92 Å². The van der Waals surface area contributed by atoms with E-state index in [9.17, 15) is 4.79 Å². The van der Waals surface area contributed by atoms with Crippen LogP contribution in [0.25, 0.3) is 0 Å². The topological polar surface area (TPSA) is 77.0 Å². The van der Waals surface area contributed by atoms with Crippen LogP contribution in [0.15, 0.2) is 21.5 Å². The average Bonchev–Trinajstić information content (AvgIpc) is 2.86. The zero-order chi connectivity index (χ0) is 15.8. The first kappa shape index (κ1) is 14.6. The molecule has 0 bridgehead atoms. The Hall–Kier alpha value is -2.02. The molecule has 0 unspecified atom stereocenters. The molecule has 2 fully saturated rings. The molecule has 1 saturated carbocycles. The van der Waals surface area contributed by atoms with Gasteiger partial charge in [0.05, 0.1) is 18.8 Å². The van der Waals surface area contributed by atoms with Crippen molar-refractivity contribution in [2.45, 2.75) is 45.2 Å². The third kappa shape index (κ3) is 3.06. The smallest absolute Gasteiger partial charge is 0.266 e. The second-order valence-electron chi connectivity index (χ2n) is 6.73. The summed E-state index contributed by atoms with van der Waals surface area (Å²) in [5.41, 5.74) is 0.841. The van der Waals surface area contributed by atoms with Gasteiger partial charge in [0, 0.05) is 31.0 Å². The Bertz CT molecular complexity index is 743. The van der Waals surface area contributed by atoms with E-state index in [-0.39, 0.29) is 5.56 Å². The van der Waals surface area contributed by atoms with Crippen molar-refractivity contribution >= 4 is 0 Å². The molecule has 0 aromatic carbocycles. The molecule has 0 spiro atoms. The van der Waals surface area contributed by atoms with Crippen molar-refractivity contribution in [3.63, 3.8) is 0 Å². The minimum absolute atomic E-state index is 0.0302. The lowest BCUT2D eigenvalue weighted by molar-refractivity contribution is 0.0731. The fourth-order valence-corrected chi connectivity index (χ4v) is 3.20. The van der Waals surface area contributed by atoms with Gasteiger partial charge in [0.25, 0.3) is 5.56 Å². The van der Waals surface area contributed by atoms with Crippen molar-refractivity contribution in [2.75, 3.05) is 13.1 Å². The summed E-state index contributed by atoms with van der Waals surface area (Å²) in [4.78, 5) is 18.6. The first-order chi connectivity index (χ1) is 11.2. The van der Waals surface area contributed by atoms with E-state index in [4.69, 9.17) is 4.52 Å². The molecular formula is C16H21N5O2. The highest BCUT2D eigenvalue weighted by atomic mass is 16.5. The zero-order valence-electron chi connectivity index (χ0n) is 13.3. The van der Waals surface area contributed by atoms with Crippen LogP contribution in [0.4, 0.5) is 0 Å². The summed E-state index contributed by atoms with van der Waals surface area (Å²) in [5, 5.41) is 8.37. The molecule has 2 aromatic heterocycles. The number of likely N-dealkylation sites (tertiary alicyclic amines) is 1. The Labute approximate surface area is 134 Å². The summed E-state index contributed by atoms with van der Waals surface area (Å²) in [6.07, 6.45) is 3.61. The van der Waals surface area contributed by atoms with E-state index in [1.165, 1.54) is 19.3 Å². The van der Waals surface area contributed by atoms with E-state index >= 15 is 0 Å². The highest BCUT2D eigenvalue weighted by Gasteiger charge is 2.30. The molecule has 23 heavy (non-hydrogen) atoms. The van der Waals surface area contributed by atoms with Gasteiger partial charge < -0.3 is 4.52 Å². The fraction of sp³-hybridized carbons (Fsp3) is 0.625. The lowest BCUT2D eigenvalue weighted by Gasteiger charge is -2.38. The molecule has 7 heteroatoms. The number of aromatic nitrogens is 4. The molecule has 2 aliphatic rings. The van der Waals surface area contributed by atoms with Gasteiger partial charge in [-0.1, -0.05) is 11.6 Å². The fourth-order valence-electron chi connectivity index (χ4n) is 3.20. The number of aryl methyl sites for hydroxylation is 1. The van der Waals surface area contributed by atoms with Gasteiger partial charge >= 0.3 is 0 Å². The molecule has 0 radical (unpaired) electrons. The Morgan fingerprint density at radius 3 is 2.87 bits per heavy atom. The van der Waals surface area contributed by atoms with E-state index < -0.39 is 0 Å². The molecule has 0 atom stereocenters. The maximum Gasteiger partial charge on any atom is 0.266 e. The van der Waals surface area contributed by atoms with Crippen LogP contribution < -0.4 is 5.56 Å². The van der Waals surface area contributed by atoms with Gasteiger partial charge in [0.2, 0.25) is 5.89 Å². The van der Waals surface area contributed by atoms with Gasteiger partial charge in [0.15, 0.2) is 5.82 Å². The van der Waals surface area contributed by atoms with E-state index in [0.717, 1.165) is 37.0 Å². The maximum atomic E-state index is 11.8. The number of nitrogens with zero attached hydrogens (tertiary/aromatic N) is 5. The number of hydrogen-bond acceptors (Lipinski definition) is 6. The van der Waals surface area contributed by atoms with Crippen LogP contribution >= 0.6 is 0 Å². The van der Waals surface area contributed by atoms with Crippen LogP contribution in [0.5, 0.6) is 0 Å². The lowest BCUT2D eigenvalue weighted by Crippen LogP contribution is -2.49. The molecule has 0 amide bonds. The van der Waals surface area contributed by atoms with Crippen molar-refractivity contribution in [2.24, 2.45) is 5.92 Å². The highest BCUT2D eigenvalue weighted by Crippen LogP contribution is 2.35. The third-order valence-corrected chi connectivity index (χ3v) is 4.77. The van der Waals surface area contributed by atoms with Crippen LogP contribution in [-0.2, 0) is 13.1 Å². The van der Waals surface area contributed by atoms with Gasteiger partial charge in [-0.15, -0.1) is 0 Å². The minimum Gasteiger partial charge on any atom is -0.339 e. The van der Waals surface area contributed by atoms with Gasteiger partial charge in [-0.05, 0) is 25.8 Å². The maximum absolute atomic E-state index is 11.8. The van der Waals surface area contributed by atoms with E-state index in [1.54, 1.807) is 16.8 Å². The first-order valence-corrected chi connectivity index (χ1v) is 8.27. The Balaban J connectivity index is 1.29. The second kappa shape index (κ2) is 5.88. The lowest BCUT2D eigenvalue weighted by atomic mass is 9.85. The van der Waals surface area contributed by atoms with E-state index in [2.05, 4.69) is 20.1 Å². The van der Waals surface area contributed by atoms with Crippen LogP contribution in [-0.4, -0.2) is 37.9 Å². The molecule has 0 N–H and O–H groups in total. The molecular weight excluding hydrogens is 294 g/mol. The normalized spacial score (nSPS) is 19.5. The molecule has 7 nitrogen and oxygen atoms in total.